The number of likely N-dealkylation sites (tertiary alicyclic amines) is 1. The summed E-state index contributed by atoms with van der Waals surface area (Å²) in [7, 11) is 1.35. The molecule has 0 unspecified atom stereocenters. The van der Waals surface area contributed by atoms with E-state index in [-0.39, 0.29) is 77.2 Å². The number of ether oxygens (including phenoxy) is 2. The van der Waals surface area contributed by atoms with Gasteiger partial charge in [-0.15, -0.1) is 0 Å². The van der Waals surface area contributed by atoms with Crippen LogP contribution in [0.25, 0.3) is 0 Å². The first-order valence-electron chi connectivity index (χ1n) is 26.7. The van der Waals surface area contributed by atoms with Crippen molar-refractivity contribution >= 4 is 70.9 Å². The summed E-state index contributed by atoms with van der Waals surface area (Å²) >= 11 is 0. The molecule has 27 nitrogen and oxygen atoms in total. The van der Waals surface area contributed by atoms with E-state index in [1.54, 1.807) is 11.8 Å². The molecule has 432 valence electrons. The van der Waals surface area contributed by atoms with Crippen molar-refractivity contribution in [2.45, 2.75) is 121 Å². The normalized spacial score (nSPS) is 20.3. The maximum atomic E-state index is 14.3. The Morgan fingerprint density at radius 1 is 0.782 bits per heavy atom. The van der Waals surface area contributed by atoms with Gasteiger partial charge in [-0.05, 0) is 74.7 Å². The maximum absolute atomic E-state index is 14.3. The van der Waals surface area contributed by atoms with Gasteiger partial charge in [-0.2, -0.15) is 0 Å². The third kappa shape index (κ3) is 19.3. The molecule has 0 aromatic heterocycles. The highest BCUT2D eigenvalue weighted by Crippen LogP contribution is 2.39. The van der Waals surface area contributed by atoms with Crippen molar-refractivity contribution in [1.29, 1.82) is 0 Å². The minimum Gasteiger partial charge on any atom is -0.481 e. The largest absolute Gasteiger partial charge is 0.481 e. The fourth-order valence-electron chi connectivity index (χ4n) is 9.92. The van der Waals surface area contributed by atoms with Gasteiger partial charge in [0.05, 0.1) is 31.7 Å². The van der Waals surface area contributed by atoms with Crippen molar-refractivity contribution < 1.29 is 77.5 Å². The van der Waals surface area contributed by atoms with E-state index in [2.05, 4.69) is 42.5 Å². The van der Waals surface area contributed by atoms with Crippen LogP contribution in [0.5, 0.6) is 0 Å². The van der Waals surface area contributed by atoms with Gasteiger partial charge in [0.15, 0.2) is 0 Å². The first-order chi connectivity index (χ1) is 37.3. The molecule has 0 spiro atoms. The summed E-state index contributed by atoms with van der Waals surface area (Å²) in [6.07, 6.45) is 0.785. The molecule has 2 fully saturated rings. The number of carbonyl (C=O) groups excluding carboxylic acids is 8. The summed E-state index contributed by atoms with van der Waals surface area (Å²) in [5, 5.41) is 49.6. The van der Waals surface area contributed by atoms with E-state index in [0.29, 0.717) is 70.3 Å². The zero-order valence-electron chi connectivity index (χ0n) is 44.6. The monoisotopic (exact) mass is 1100 g/mol. The van der Waals surface area contributed by atoms with Crippen molar-refractivity contribution in [2.24, 2.45) is 11.8 Å². The number of nitrogens with one attached hydrogen (secondary N) is 8. The Morgan fingerprint density at radius 2 is 1.47 bits per heavy atom. The smallest absolute Gasteiger partial charge is 0.317 e. The number of esters is 1. The lowest BCUT2D eigenvalue weighted by Gasteiger charge is -2.32. The number of rotatable bonds is 33. The number of hydrogen-bond donors (Lipinski definition) is 11. The molecule has 0 saturated carbocycles. The number of aryl methyl sites for hydroxylation is 1. The summed E-state index contributed by atoms with van der Waals surface area (Å²) < 4.78 is 10.3. The third-order valence-electron chi connectivity index (χ3n) is 14.3. The SMILES string of the molecule is CC[C@H](C)[C@H](NC(=O)CCNC(=O)CCNC(=O)[C@@H](CCC(=O)O)NC(=O)CN1CCC(CNCCN(CCNCC(=O)O)CC(=O)O)CC1)C(=O)N[C@H]1CCc2cccc3c2N(C1=O)[C@H](C(=O)N[C@H]1CC(=O)O[C@@H]1OC)C3. The Kier molecular flexibility index (Phi) is 24.6. The molecule has 4 aliphatic rings. The first-order valence-corrected chi connectivity index (χ1v) is 26.7. The van der Waals surface area contributed by atoms with Crippen LogP contribution in [-0.4, -0.2) is 212 Å². The first kappa shape index (κ1) is 62.0. The summed E-state index contributed by atoms with van der Waals surface area (Å²) in [5.74, 6) is -7.57. The van der Waals surface area contributed by atoms with Crippen LogP contribution in [0, 0.1) is 11.8 Å². The second-order valence-corrected chi connectivity index (χ2v) is 20.2. The zero-order chi connectivity index (χ0) is 56.9. The fraction of sp³-hybridized carbons (Fsp3) is 0.667. The zero-order valence-corrected chi connectivity index (χ0v) is 44.6. The second-order valence-electron chi connectivity index (χ2n) is 20.2. The highest BCUT2D eigenvalue weighted by molar-refractivity contribution is 6.08. The van der Waals surface area contributed by atoms with Crippen LogP contribution >= 0.6 is 0 Å². The fourth-order valence-corrected chi connectivity index (χ4v) is 9.92. The molecule has 0 bridgehead atoms. The number of hydrogen-bond acceptors (Lipinski definition) is 17. The van der Waals surface area contributed by atoms with Crippen LogP contribution in [0.4, 0.5) is 5.69 Å². The molecule has 1 aromatic rings. The van der Waals surface area contributed by atoms with Crippen LogP contribution in [0.15, 0.2) is 18.2 Å². The predicted molar refractivity (Wildman–Crippen MR) is 277 cm³/mol. The van der Waals surface area contributed by atoms with Crippen molar-refractivity contribution in [3.8, 4) is 0 Å². The van der Waals surface area contributed by atoms with Crippen LogP contribution < -0.4 is 47.4 Å². The minimum absolute atomic E-state index is 0.0214. The van der Waals surface area contributed by atoms with E-state index in [9.17, 15) is 63.0 Å². The Hall–Kier alpha value is -6.81. The van der Waals surface area contributed by atoms with Gasteiger partial charge in [-0.3, -0.25) is 67.4 Å². The van der Waals surface area contributed by atoms with E-state index in [1.807, 2.05) is 30.0 Å². The third-order valence-corrected chi connectivity index (χ3v) is 14.3. The number of anilines is 1. The van der Waals surface area contributed by atoms with Crippen LogP contribution in [0.2, 0.25) is 0 Å². The summed E-state index contributed by atoms with van der Waals surface area (Å²) in [6, 6.07) is 0.528. The Bertz CT molecular complexity index is 2320. The van der Waals surface area contributed by atoms with Gasteiger partial charge < -0.3 is 67.3 Å². The Balaban J connectivity index is 1.02. The number of benzene rings is 1. The van der Waals surface area contributed by atoms with E-state index in [4.69, 9.17) is 14.6 Å². The molecule has 1 aromatic carbocycles. The van der Waals surface area contributed by atoms with E-state index >= 15 is 0 Å². The number of carbonyl (C=O) groups is 11. The van der Waals surface area contributed by atoms with E-state index < -0.39 is 108 Å². The van der Waals surface area contributed by atoms with Gasteiger partial charge in [0.1, 0.15) is 30.2 Å². The quantitative estimate of drug-likeness (QED) is 0.0247. The lowest BCUT2D eigenvalue weighted by atomic mass is 9.97. The molecule has 7 atom stereocenters. The Morgan fingerprint density at radius 3 is 2.15 bits per heavy atom. The summed E-state index contributed by atoms with van der Waals surface area (Å²) in [6.45, 7) is 6.49. The van der Waals surface area contributed by atoms with Gasteiger partial charge in [0.2, 0.25) is 47.6 Å². The number of cyclic esters (lactones) is 1. The van der Waals surface area contributed by atoms with Gasteiger partial charge in [-0.1, -0.05) is 38.5 Å². The number of para-hydroxylation sites is 1. The average molecular weight is 1100 g/mol. The van der Waals surface area contributed by atoms with E-state index in [1.165, 1.54) is 12.0 Å². The Labute approximate surface area is 452 Å². The summed E-state index contributed by atoms with van der Waals surface area (Å²) in [4.78, 5) is 145. The van der Waals surface area contributed by atoms with Crippen molar-refractivity contribution in [1.82, 2.24) is 52.3 Å². The molecule has 4 heterocycles. The predicted octanol–water partition coefficient (Wildman–Crippen LogP) is -2.97. The molecule has 5 rings (SSSR count). The average Bonchev–Trinajstić information content (AvgIpc) is 4.02. The number of carboxylic acid groups (broad SMARTS) is 3. The topological polar surface area (TPSA) is 373 Å². The molecule has 0 aliphatic carbocycles. The maximum Gasteiger partial charge on any atom is 0.317 e. The molecule has 7 amide bonds. The van der Waals surface area contributed by atoms with E-state index in [0.717, 1.165) is 24.0 Å². The van der Waals surface area contributed by atoms with Crippen LogP contribution in [0.3, 0.4) is 0 Å². The minimum atomic E-state index is -1.18. The standard InChI is InChI=1S/C51H77N11O16/c1-4-30(2)45(49(75)57-35-9-8-32-6-5-7-33-24-37(62(46(32)33)50(35)76)48(74)58-36-25-44(72)78-51(36)77-3)59-39(64)13-16-54-38(63)12-17-55-47(73)34(10-11-41(66)67)56-40(65)28-60-20-14-31(15-21-60)26-52-18-22-61(29-43(70)71)23-19-53-27-42(68)69/h5-7,30-31,34-37,45,51-53H,4,8-29H2,1-3H3,(H,54,63)(H,55,73)(H,56,65)(H,57,75)(H,58,74)(H,59,64)(H,66,67)(H,68,69)(H,70,71)/t30-,34+,35-,36-,37-,45-,51-/m0/s1. The van der Waals surface area contributed by atoms with Crippen molar-refractivity contribution in [3.05, 3.63) is 29.3 Å². The van der Waals surface area contributed by atoms with Crippen molar-refractivity contribution in [3.63, 3.8) is 0 Å². The highest BCUT2D eigenvalue weighted by atomic mass is 16.7. The van der Waals surface area contributed by atoms with Gasteiger partial charge >= 0.3 is 23.9 Å². The molecule has 4 aliphatic heterocycles. The number of methoxy groups -OCH3 is 1. The van der Waals surface area contributed by atoms with Crippen LogP contribution in [0.1, 0.15) is 82.8 Å². The number of nitrogens with zero attached hydrogens (tertiary/aromatic N) is 3. The number of piperidine rings is 1. The summed E-state index contributed by atoms with van der Waals surface area (Å²) in [5.41, 5.74) is 2.22. The highest BCUT2D eigenvalue weighted by Gasteiger charge is 2.46. The molecular weight excluding hydrogens is 1020 g/mol. The number of carboxylic acids is 3. The molecular formula is C51H77N11O16. The van der Waals surface area contributed by atoms with Gasteiger partial charge in [-0.25, -0.2) is 0 Å². The van der Waals surface area contributed by atoms with Gasteiger partial charge in [0, 0.05) is 72.1 Å². The number of amides is 7. The molecule has 2 saturated heterocycles. The number of aliphatic carboxylic acids is 3. The molecule has 11 N–H and O–H groups in total. The molecule has 27 heteroatoms. The van der Waals surface area contributed by atoms with Gasteiger partial charge in [0.25, 0.3) is 0 Å². The lowest BCUT2D eigenvalue weighted by Crippen LogP contribution is -2.59. The lowest BCUT2D eigenvalue weighted by molar-refractivity contribution is -0.160. The van der Waals surface area contributed by atoms with Crippen LogP contribution in [-0.2, 0) is 75.1 Å². The second kappa shape index (κ2) is 31.0. The van der Waals surface area contributed by atoms with Crippen molar-refractivity contribution in [2.75, 3.05) is 90.5 Å². The molecule has 0 radical (unpaired) electrons. The molecule has 78 heavy (non-hydrogen) atoms.